The molecule has 0 radical (unpaired) electrons. The summed E-state index contributed by atoms with van der Waals surface area (Å²) in [6, 6.07) is 0.0488. The van der Waals surface area contributed by atoms with Gasteiger partial charge < -0.3 is 24.4 Å². The maximum atomic E-state index is 11.5. The maximum absolute atomic E-state index is 11.5. The van der Waals surface area contributed by atoms with E-state index in [1.54, 1.807) is 0 Å². The van der Waals surface area contributed by atoms with E-state index in [-0.39, 0.29) is 18.2 Å². The Hall–Kier alpha value is -1.24. The number of ether oxygens (including phenoxy) is 2. The van der Waals surface area contributed by atoms with Gasteiger partial charge in [-0.3, -0.25) is 0 Å². The molecule has 0 bridgehead atoms. The Kier molecular flexibility index (Phi) is 28.8. The van der Waals surface area contributed by atoms with Gasteiger partial charge in [0.2, 0.25) is 0 Å². The van der Waals surface area contributed by atoms with Crippen molar-refractivity contribution in [3.63, 3.8) is 0 Å². The molecule has 2 aliphatic heterocycles. The molecule has 2 heterocycles. The van der Waals surface area contributed by atoms with Crippen molar-refractivity contribution in [1.82, 2.24) is 9.80 Å². The van der Waals surface area contributed by atoms with Crippen LogP contribution in [-0.4, -0.2) is 79.3 Å². The third kappa shape index (κ3) is 22.8. The summed E-state index contributed by atoms with van der Waals surface area (Å²) in [4.78, 5) is 4.47. The number of rotatable bonds is 33. The van der Waals surface area contributed by atoms with Crippen molar-refractivity contribution in [3.8, 4) is 0 Å². The summed E-state index contributed by atoms with van der Waals surface area (Å²) in [5, 5.41) is 11.5. The first-order valence-electron chi connectivity index (χ1n) is 22.9. The van der Waals surface area contributed by atoms with E-state index >= 15 is 0 Å². The molecule has 1 N–H and O–H groups in total. The van der Waals surface area contributed by atoms with Gasteiger partial charge in [0.1, 0.15) is 12.2 Å². The van der Waals surface area contributed by atoms with E-state index in [2.05, 4.69) is 93.4 Å². The second-order valence-corrected chi connectivity index (χ2v) is 16.8. The predicted molar refractivity (Wildman–Crippen MR) is 231 cm³/mol. The topological polar surface area (TPSA) is 45.2 Å². The van der Waals surface area contributed by atoms with Gasteiger partial charge >= 0.3 is 0 Å². The molecule has 2 rings (SSSR count). The Morgan fingerprint density at radius 2 is 0.943 bits per heavy atom. The molecule has 2 saturated heterocycles. The first-order chi connectivity index (χ1) is 25.9. The van der Waals surface area contributed by atoms with Crippen LogP contribution in [0.2, 0.25) is 0 Å². The standard InChI is InChI=1S/C48H88N2O3/c1-6-8-10-12-14-16-18-20-22-24-25-27-29-31-33-35-37-39-41-48(52-45-43-50(5)42-44(49(3)4)46(51)47(45)53-48)40-38-36-34-32-30-28-26-23-21-19-17-15-13-11-9-7-2/h15,17-18,20-21,23-25,44-47,51H,6-14,16,19,22,26-43H2,1-5H3/b17-15-,20-18-,23-21-,25-24-/t44-,45-,46+,47-,48?/m0/s1. The van der Waals surface area contributed by atoms with E-state index in [9.17, 15) is 5.11 Å². The molecule has 0 aliphatic carbocycles. The molecule has 5 atom stereocenters. The fourth-order valence-corrected chi connectivity index (χ4v) is 8.10. The third-order valence-electron chi connectivity index (χ3n) is 11.5. The van der Waals surface area contributed by atoms with Crippen molar-refractivity contribution in [2.75, 3.05) is 34.2 Å². The normalized spacial score (nSPS) is 24.2. The molecule has 2 aliphatic rings. The highest BCUT2D eigenvalue weighted by Crippen LogP contribution is 2.41. The van der Waals surface area contributed by atoms with Gasteiger partial charge in [-0.05, 0) is 98.2 Å². The summed E-state index contributed by atoms with van der Waals surface area (Å²) in [6.07, 6.45) is 52.9. The minimum Gasteiger partial charge on any atom is -0.389 e. The van der Waals surface area contributed by atoms with Gasteiger partial charge in [0, 0.05) is 25.9 Å². The quantitative estimate of drug-likeness (QED) is 0.0536. The summed E-state index contributed by atoms with van der Waals surface area (Å²) in [6.45, 7) is 6.20. The zero-order valence-corrected chi connectivity index (χ0v) is 35.8. The van der Waals surface area contributed by atoms with Crippen molar-refractivity contribution < 1.29 is 14.6 Å². The van der Waals surface area contributed by atoms with Crippen molar-refractivity contribution in [2.24, 2.45) is 0 Å². The van der Waals surface area contributed by atoms with Crippen LogP contribution >= 0.6 is 0 Å². The van der Waals surface area contributed by atoms with Gasteiger partial charge in [0.25, 0.3) is 0 Å². The number of aliphatic hydroxyl groups is 1. The molecule has 5 nitrogen and oxygen atoms in total. The highest BCUT2D eigenvalue weighted by Gasteiger charge is 2.52. The molecular weight excluding hydrogens is 653 g/mol. The zero-order chi connectivity index (χ0) is 38.2. The molecule has 0 saturated carbocycles. The van der Waals surface area contributed by atoms with Gasteiger partial charge in [-0.25, -0.2) is 0 Å². The highest BCUT2D eigenvalue weighted by molar-refractivity contribution is 4.99. The molecule has 0 spiro atoms. The number of unbranched alkanes of at least 4 members (excludes halogenated alkanes) is 20. The lowest BCUT2D eigenvalue weighted by Gasteiger charge is -2.34. The smallest absolute Gasteiger partial charge is 0.169 e. The van der Waals surface area contributed by atoms with Gasteiger partial charge in [-0.15, -0.1) is 0 Å². The van der Waals surface area contributed by atoms with Crippen LogP contribution in [0.25, 0.3) is 0 Å². The summed E-state index contributed by atoms with van der Waals surface area (Å²) >= 11 is 0. The van der Waals surface area contributed by atoms with E-state index < -0.39 is 11.9 Å². The van der Waals surface area contributed by atoms with E-state index in [4.69, 9.17) is 9.47 Å². The lowest BCUT2D eigenvalue weighted by Crippen LogP contribution is -2.50. The number of hydrogen-bond donors (Lipinski definition) is 1. The van der Waals surface area contributed by atoms with Gasteiger partial charge in [0.15, 0.2) is 5.79 Å². The number of hydrogen-bond acceptors (Lipinski definition) is 5. The van der Waals surface area contributed by atoms with Gasteiger partial charge in [-0.2, -0.15) is 0 Å². The Bertz CT molecular complexity index is 960. The number of likely N-dealkylation sites (N-methyl/N-ethyl adjacent to an activating group) is 2. The molecule has 5 heteroatoms. The van der Waals surface area contributed by atoms with Crippen LogP contribution < -0.4 is 0 Å². The fourth-order valence-electron chi connectivity index (χ4n) is 8.10. The van der Waals surface area contributed by atoms with E-state index in [0.29, 0.717) is 0 Å². The second-order valence-electron chi connectivity index (χ2n) is 16.8. The third-order valence-corrected chi connectivity index (χ3v) is 11.5. The average Bonchev–Trinajstić information content (AvgIpc) is 3.45. The number of likely N-dealkylation sites (tertiary alicyclic amines) is 1. The first kappa shape index (κ1) is 47.9. The Morgan fingerprint density at radius 1 is 0.547 bits per heavy atom. The number of fused-ring (bicyclic) bond motifs is 1. The van der Waals surface area contributed by atoms with Crippen molar-refractivity contribution >= 4 is 0 Å². The number of nitrogens with zero attached hydrogens (tertiary/aromatic N) is 2. The molecule has 53 heavy (non-hydrogen) atoms. The molecule has 0 aromatic heterocycles. The molecule has 0 aromatic carbocycles. The lowest BCUT2D eigenvalue weighted by atomic mass is 9.98. The zero-order valence-electron chi connectivity index (χ0n) is 35.8. The Balaban J connectivity index is 1.68. The fraction of sp³-hybridized carbons (Fsp3) is 0.833. The molecular formula is C48H88N2O3. The van der Waals surface area contributed by atoms with Crippen LogP contribution in [0.4, 0.5) is 0 Å². The summed E-state index contributed by atoms with van der Waals surface area (Å²) < 4.78 is 13.8. The first-order valence-corrected chi connectivity index (χ1v) is 22.9. The molecule has 0 amide bonds. The second kappa shape index (κ2) is 31.9. The Morgan fingerprint density at radius 3 is 1.40 bits per heavy atom. The largest absolute Gasteiger partial charge is 0.389 e. The molecule has 1 unspecified atom stereocenters. The van der Waals surface area contributed by atoms with E-state index in [0.717, 1.165) is 51.6 Å². The van der Waals surface area contributed by atoms with Crippen LogP contribution in [0, 0.1) is 0 Å². The minimum atomic E-state index is -0.547. The van der Waals surface area contributed by atoms with Crippen molar-refractivity contribution in [3.05, 3.63) is 48.6 Å². The van der Waals surface area contributed by atoms with Gasteiger partial charge in [-0.1, -0.05) is 152 Å². The van der Waals surface area contributed by atoms with Crippen LogP contribution in [0.1, 0.15) is 194 Å². The SMILES string of the molecule is CCCCC/C=C\C/C=C\CCCCCCCCC1(CCCCCCCC/C=C\C/C=C\CCCCCCC)O[C@@H]2[C@H](O)[C@@H](N(C)C)CN(C)C[C@@H]2O1. The Labute approximate surface area is 330 Å². The monoisotopic (exact) mass is 741 g/mol. The number of allylic oxidation sites excluding steroid dienone is 8. The highest BCUT2D eigenvalue weighted by atomic mass is 16.8. The van der Waals surface area contributed by atoms with Gasteiger partial charge in [0.05, 0.1) is 12.1 Å². The summed E-state index contributed by atoms with van der Waals surface area (Å²) in [5.74, 6) is -0.547. The molecule has 2 fully saturated rings. The average molecular weight is 741 g/mol. The molecule has 308 valence electrons. The van der Waals surface area contributed by atoms with Crippen molar-refractivity contribution in [1.29, 1.82) is 0 Å². The van der Waals surface area contributed by atoms with E-state index in [1.165, 1.54) is 141 Å². The number of aliphatic hydroxyl groups excluding tert-OH is 1. The summed E-state index contributed by atoms with van der Waals surface area (Å²) in [7, 11) is 6.29. The maximum Gasteiger partial charge on any atom is 0.169 e. The van der Waals surface area contributed by atoms with Crippen molar-refractivity contribution in [2.45, 2.75) is 224 Å². The predicted octanol–water partition coefficient (Wildman–Crippen LogP) is 12.9. The van der Waals surface area contributed by atoms with Crippen LogP contribution in [0.15, 0.2) is 48.6 Å². The van der Waals surface area contributed by atoms with Crippen LogP contribution in [-0.2, 0) is 9.47 Å². The lowest BCUT2D eigenvalue weighted by molar-refractivity contribution is -0.198. The summed E-state index contributed by atoms with van der Waals surface area (Å²) in [5.41, 5.74) is 0. The van der Waals surface area contributed by atoms with Crippen LogP contribution in [0.5, 0.6) is 0 Å². The molecule has 0 aromatic rings. The minimum absolute atomic E-state index is 0.0488. The van der Waals surface area contributed by atoms with Crippen LogP contribution in [0.3, 0.4) is 0 Å². The van der Waals surface area contributed by atoms with E-state index in [1.807, 2.05) is 0 Å².